The maximum absolute atomic E-state index is 6.72. The Kier molecular flexibility index (Phi) is 3.93. The highest BCUT2D eigenvalue weighted by Gasteiger charge is 2.17. The molecular weight excluding hydrogens is 241 g/mol. The van der Waals surface area contributed by atoms with Crippen LogP contribution >= 0.6 is 22.6 Å². The second kappa shape index (κ2) is 3.95. The van der Waals surface area contributed by atoms with Crippen LogP contribution < -0.4 is 0 Å². The molecule has 2 nitrogen and oxygen atoms in total. The Balaban J connectivity index is 4.23. The molecule has 10 heavy (non-hydrogen) atoms. The van der Waals surface area contributed by atoms with E-state index in [9.17, 15) is 0 Å². The summed E-state index contributed by atoms with van der Waals surface area (Å²) in [4.78, 5) is 0. The molecule has 0 aromatic carbocycles. The van der Waals surface area contributed by atoms with Crippen molar-refractivity contribution in [1.29, 1.82) is 5.41 Å². The molecule has 0 aliphatic rings. The van der Waals surface area contributed by atoms with E-state index in [4.69, 9.17) is 10.1 Å². The van der Waals surface area contributed by atoms with Gasteiger partial charge in [-0.2, -0.15) is 0 Å². The van der Waals surface area contributed by atoms with Gasteiger partial charge in [0.1, 0.15) is 5.76 Å². The Labute approximate surface area is 75.3 Å². The van der Waals surface area contributed by atoms with Crippen LogP contribution in [0.25, 0.3) is 0 Å². The number of halogens is 1. The average molecular weight is 253 g/mol. The molecule has 0 unspecified atom stereocenters. The largest absolute Gasteiger partial charge is 0.450 e. The van der Waals surface area contributed by atoms with Crippen LogP contribution in [0.1, 0.15) is 20.8 Å². The number of allylic oxidation sites excluding steroid dienone is 1. The van der Waals surface area contributed by atoms with Gasteiger partial charge in [0, 0.05) is 9.50 Å². The van der Waals surface area contributed by atoms with E-state index in [1.807, 2.05) is 24.9 Å². The highest BCUT2D eigenvalue weighted by atomic mass is 127. The van der Waals surface area contributed by atoms with Gasteiger partial charge in [0.25, 0.3) is 0 Å². The van der Waals surface area contributed by atoms with E-state index in [0.29, 0.717) is 0 Å². The number of hydrogen-bond acceptors (Lipinski definition) is 2. The van der Waals surface area contributed by atoms with Crippen molar-refractivity contribution < 1.29 is 4.74 Å². The molecule has 0 fully saturated rings. The molecular formula is C7H12INO. The highest BCUT2D eigenvalue weighted by molar-refractivity contribution is 14.1. The number of hydrogen-bond donors (Lipinski definition) is 1. The van der Waals surface area contributed by atoms with Crippen molar-refractivity contribution in [1.82, 2.24) is 0 Å². The van der Waals surface area contributed by atoms with Gasteiger partial charge < -0.3 is 4.74 Å². The van der Waals surface area contributed by atoms with Crippen LogP contribution in [-0.4, -0.2) is 6.40 Å². The Morgan fingerprint density at radius 3 is 2.10 bits per heavy atom. The molecule has 0 aromatic heterocycles. The molecule has 0 aliphatic carbocycles. The normalized spacial score (nSPS) is 13.0. The summed E-state index contributed by atoms with van der Waals surface area (Å²) in [5, 5.41) is 6.72. The van der Waals surface area contributed by atoms with Crippen LogP contribution in [0, 0.1) is 10.8 Å². The minimum atomic E-state index is -0.00125. The third kappa shape index (κ3) is 3.20. The summed E-state index contributed by atoms with van der Waals surface area (Å²) in [5.41, 5.74) is -0.00125. The first-order chi connectivity index (χ1) is 4.52. The van der Waals surface area contributed by atoms with Crippen LogP contribution in [0.15, 0.2) is 9.84 Å². The summed E-state index contributed by atoms with van der Waals surface area (Å²) in [6.07, 6.45) is 0.954. The number of rotatable bonds is 2. The molecule has 0 bridgehead atoms. The van der Waals surface area contributed by atoms with Gasteiger partial charge >= 0.3 is 0 Å². The van der Waals surface area contributed by atoms with E-state index < -0.39 is 0 Å². The standard InChI is InChI=1S/C7H12INO/c1-7(2,3)6(4-8)10-5-9/h4-5,9H,1-3H3/b6-4-,9-5?. The molecule has 0 rings (SSSR count). The number of ether oxygens (including phenoxy) is 1. The number of nitrogens with one attached hydrogen (secondary N) is 1. The van der Waals surface area contributed by atoms with Crippen molar-refractivity contribution in [2.75, 3.05) is 0 Å². The lowest BCUT2D eigenvalue weighted by Crippen LogP contribution is -2.10. The zero-order chi connectivity index (χ0) is 8.20. The van der Waals surface area contributed by atoms with Crippen molar-refractivity contribution in [3.8, 4) is 0 Å². The van der Waals surface area contributed by atoms with Gasteiger partial charge in [-0.05, 0) is 22.6 Å². The third-order valence-electron chi connectivity index (χ3n) is 1.02. The van der Waals surface area contributed by atoms with Gasteiger partial charge in [-0.3, -0.25) is 5.41 Å². The monoisotopic (exact) mass is 253 g/mol. The topological polar surface area (TPSA) is 33.1 Å². The maximum atomic E-state index is 6.72. The molecule has 3 heteroatoms. The predicted molar refractivity (Wildman–Crippen MR) is 51.4 cm³/mol. The molecule has 0 aromatic rings. The lowest BCUT2D eigenvalue weighted by molar-refractivity contribution is 0.295. The molecule has 0 amide bonds. The Hall–Kier alpha value is -0.0600. The van der Waals surface area contributed by atoms with Gasteiger partial charge in [0.15, 0.2) is 6.40 Å². The van der Waals surface area contributed by atoms with Gasteiger partial charge in [-0.15, -0.1) is 0 Å². The van der Waals surface area contributed by atoms with Crippen LogP contribution in [0.4, 0.5) is 0 Å². The Morgan fingerprint density at radius 2 is 2.00 bits per heavy atom. The molecule has 0 heterocycles. The van der Waals surface area contributed by atoms with E-state index in [-0.39, 0.29) is 5.41 Å². The fourth-order valence-electron chi connectivity index (χ4n) is 0.430. The Bertz CT molecular complexity index is 146. The molecule has 0 aliphatic heterocycles. The van der Waals surface area contributed by atoms with Crippen LogP contribution in [-0.2, 0) is 4.74 Å². The van der Waals surface area contributed by atoms with Crippen molar-refractivity contribution >= 4 is 29.0 Å². The molecule has 0 radical (unpaired) electrons. The summed E-state index contributed by atoms with van der Waals surface area (Å²) in [6.45, 7) is 6.13. The zero-order valence-corrected chi connectivity index (χ0v) is 8.60. The first-order valence-corrected chi connectivity index (χ1v) is 4.23. The fraction of sp³-hybridized carbons (Fsp3) is 0.571. The van der Waals surface area contributed by atoms with Gasteiger partial charge in [-0.1, -0.05) is 20.8 Å². The summed E-state index contributed by atoms with van der Waals surface area (Å²) in [5.74, 6) is 0.822. The second-order valence-electron chi connectivity index (χ2n) is 2.96. The van der Waals surface area contributed by atoms with E-state index in [1.54, 1.807) is 0 Å². The SMILES string of the molecule is CC(C)(C)/C(=C/I)OC=N. The second-order valence-corrected chi connectivity index (χ2v) is 3.58. The summed E-state index contributed by atoms with van der Waals surface area (Å²) < 4.78 is 6.80. The van der Waals surface area contributed by atoms with Crippen molar-refractivity contribution in [3.63, 3.8) is 0 Å². The van der Waals surface area contributed by atoms with Crippen molar-refractivity contribution in [3.05, 3.63) is 9.84 Å². The first-order valence-electron chi connectivity index (χ1n) is 2.99. The molecule has 0 saturated carbocycles. The van der Waals surface area contributed by atoms with Gasteiger partial charge in [0.05, 0.1) is 0 Å². The van der Waals surface area contributed by atoms with E-state index in [0.717, 1.165) is 12.2 Å². The summed E-state index contributed by atoms with van der Waals surface area (Å²) >= 11 is 2.11. The van der Waals surface area contributed by atoms with Crippen LogP contribution in [0.2, 0.25) is 0 Å². The minimum absolute atomic E-state index is 0.00125. The van der Waals surface area contributed by atoms with Crippen LogP contribution in [0.3, 0.4) is 0 Å². The third-order valence-corrected chi connectivity index (χ3v) is 1.59. The Morgan fingerprint density at radius 1 is 1.50 bits per heavy atom. The van der Waals surface area contributed by atoms with E-state index in [2.05, 4.69) is 22.6 Å². The smallest absolute Gasteiger partial charge is 0.173 e. The van der Waals surface area contributed by atoms with Crippen molar-refractivity contribution in [2.45, 2.75) is 20.8 Å². The molecule has 0 saturated heterocycles. The summed E-state index contributed by atoms with van der Waals surface area (Å²) in [7, 11) is 0. The van der Waals surface area contributed by atoms with E-state index in [1.165, 1.54) is 0 Å². The predicted octanol–water partition coefficient (Wildman–Crippen LogP) is 2.93. The molecule has 0 atom stereocenters. The minimum Gasteiger partial charge on any atom is -0.450 e. The highest BCUT2D eigenvalue weighted by Crippen LogP contribution is 2.26. The van der Waals surface area contributed by atoms with E-state index >= 15 is 0 Å². The van der Waals surface area contributed by atoms with Crippen LogP contribution in [0.5, 0.6) is 0 Å². The van der Waals surface area contributed by atoms with Gasteiger partial charge in [0.2, 0.25) is 0 Å². The van der Waals surface area contributed by atoms with Gasteiger partial charge in [-0.25, -0.2) is 0 Å². The average Bonchev–Trinajstić information content (AvgIpc) is 1.80. The first kappa shape index (κ1) is 9.94. The quantitative estimate of drug-likeness (QED) is 0.349. The molecule has 58 valence electrons. The lowest BCUT2D eigenvalue weighted by atomic mass is 9.95. The zero-order valence-electron chi connectivity index (χ0n) is 6.44. The lowest BCUT2D eigenvalue weighted by Gasteiger charge is -2.19. The molecule has 1 N–H and O–H groups in total. The summed E-state index contributed by atoms with van der Waals surface area (Å²) in [6, 6.07) is 0. The maximum Gasteiger partial charge on any atom is 0.173 e. The molecule has 0 spiro atoms. The fourth-order valence-corrected chi connectivity index (χ4v) is 1.51. The van der Waals surface area contributed by atoms with Crippen molar-refractivity contribution in [2.24, 2.45) is 5.41 Å².